The quantitative estimate of drug-likeness (QED) is 0.664. The summed E-state index contributed by atoms with van der Waals surface area (Å²) >= 11 is 0. The second kappa shape index (κ2) is 7.13. The van der Waals surface area contributed by atoms with Gasteiger partial charge in [-0.25, -0.2) is 5.48 Å². The Balaban J connectivity index is 1.59. The van der Waals surface area contributed by atoms with Gasteiger partial charge in [-0.05, 0) is 37.2 Å². The Morgan fingerprint density at radius 1 is 1.00 bits per heavy atom. The van der Waals surface area contributed by atoms with Gasteiger partial charge >= 0.3 is 0 Å². The van der Waals surface area contributed by atoms with Crippen molar-refractivity contribution in [1.82, 2.24) is 10.4 Å². The van der Waals surface area contributed by atoms with E-state index in [0.717, 1.165) is 38.8 Å². The van der Waals surface area contributed by atoms with Gasteiger partial charge < -0.3 is 4.90 Å². The van der Waals surface area contributed by atoms with Crippen molar-refractivity contribution in [3.63, 3.8) is 0 Å². The number of hydroxylamine groups is 1. The maximum Gasteiger partial charge on any atom is 0.247 e. The highest BCUT2D eigenvalue weighted by molar-refractivity contribution is 5.87. The molecule has 0 spiro atoms. The molecule has 5 heteroatoms. The minimum atomic E-state index is -0.417. The average Bonchev–Trinajstić information content (AvgIpc) is 3.11. The summed E-state index contributed by atoms with van der Waals surface area (Å²) in [6.07, 6.45) is 4.24. The van der Waals surface area contributed by atoms with Gasteiger partial charge in [0.05, 0.1) is 5.92 Å². The number of hydrogen-bond donors (Lipinski definition) is 2. The number of amides is 2. The number of carbonyl (C=O) groups is 2. The van der Waals surface area contributed by atoms with Crippen molar-refractivity contribution in [2.45, 2.75) is 38.0 Å². The van der Waals surface area contributed by atoms with Gasteiger partial charge in [0, 0.05) is 19.0 Å². The molecule has 1 aliphatic carbocycles. The molecule has 1 aromatic rings. The third-order valence-corrected chi connectivity index (χ3v) is 5.36. The molecule has 2 amide bonds. The minimum absolute atomic E-state index is 0.0858. The molecule has 2 aliphatic rings. The van der Waals surface area contributed by atoms with Crippen LogP contribution in [-0.2, 0) is 9.59 Å². The van der Waals surface area contributed by atoms with E-state index in [1.54, 1.807) is 5.48 Å². The van der Waals surface area contributed by atoms with E-state index < -0.39 is 5.91 Å². The highest BCUT2D eigenvalue weighted by atomic mass is 16.5. The first-order valence-corrected chi connectivity index (χ1v) is 8.48. The highest BCUT2D eigenvalue weighted by Crippen LogP contribution is 2.35. The molecule has 1 saturated carbocycles. The molecule has 1 aromatic carbocycles. The molecule has 1 heterocycles. The number of nitrogens with one attached hydrogen (secondary N) is 1. The molecule has 0 radical (unpaired) electrons. The van der Waals surface area contributed by atoms with E-state index in [-0.39, 0.29) is 17.7 Å². The fourth-order valence-corrected chi connectivity index (χ4v) is 4.05. The normalized spacial score (nSPS) is 25.3. The van der Waals surface area contributed by atoms with Crippen LogP contribution in [0.3, 0.4) is 0 Å². The summed E-state index contributed by atoms with van der Waals surface area (Å²) in [4.78, 5) is 26.4. The van der Waals surface area contributed by atoms with Crippen LogP contribution < -0.4 is 5.48 Å². The largest absolute Gasteiger partial charge is 0.342 e. The Hall–Kier alpha value is -1.88. The van der Waals surface area contributed by atoms with Gasteiger partial charge in [-0.2, -0.15) is 0 Å². The minimum Gasteiger partial charge on any atom is -0.342 e. The lowest BCUT2D eigenvalue weighted by atomic mass is 9.88. The highest BCUT2D eigenvalue weighted by Gasteiger charge is 2.40. The van der Waals surface area contributed by atoms with Crippen LogP contribution in [0.2, 0.25) is 0 Å². The van der Waals surface area contributed by atoms with E-state index in [1.165, 1.54) is 5.56 Å². The Bertz CT molecular complexity index is 553. The van der Waals surface area contributed by atoms with E-state index >= 15 is 0 Å². The molecule has 124 valence electrons. The fraction of sp³-hybridized carbons (Fsp3) is 0.556. The SMILES string of the molecule is O=C(NO)[C@H]1CCC[C@@H]1C(=O)N1CCC(c2ccccc2)CC1. The van der Waals surface area contributed by atoms with E-state index in [9.17, 15) is 9.59 Å². The summed E-state index contributed by atoms with van der Waals surface area (Å²) in [5, 5.41) is 8.84. The molecule has 0 bridgehead atoms. The van der Waals surface area contributed by atoms with Crippen LogP contribution in [0.15, 0.2) is 30.3 Å². The van der Waals surface area contributed by atoms with Crippen molar-refractivity contribution in [3.05, 3.63) is 35.9 Å². The number of nitrogens with zero attached hydrogens (tertiary/aromatic N) is 1. The first-order valence-electron chi connectivity index (χ1n) is 8.48. The molecule has 0 unspecified atom stereocenters. The van der Waals surface area contributed by atoms with Crippen molar-refractivity contribution in [1.29, 1.82) is 0 Å². The Labute approximate surface area is 136 Å². The van der Waals surface area contributed by atoms with Gasteiger partial charge in [0.25, 0.3) is 0 Å². The third-order valence-electron chi connectivity index (χ3n) is 5.36. The number of carbonyl (C=O) groups excluding carboxylic acids is 2. The summed E-state index contributed by atoms with van der Waals surface area (Å²) < 4.78 is 0. The van der Waals surface area contributed by atoms with Crippen molar-refractivity contribution in [3.8, 4) is 0 Å². The molecule has 23 heavy (non-hydrogen) atoms. The van der Waals surface area contributed by atoms with Crippen LogP contribution >= 0.6 is 0 Å². The maximum atomic E-state index is 12.7. The number of piperidine rings is 1. The Morgan fingerprint density at radius 3 is 2.30 bits per heavy atom. The topological polar surface area (TPSA) is 69.6 Å². The second-order valence-electron chi connectivity index (χ2n) is 6.63. The number of likely N-dealkylation sites (tertiary alicyclic amines) is 1. The monoisotopic (exact) mass is 316 g/mol. The van der Waals surface area contributed by atoms with E-state index in [2.05, 4.69) is 24.3 Å². The second-order valence-corrected chi connectivity index (χ2v) is 6.63. The summed E-state index contributed by atoms with van der Waals surface area (Å²) in [6.45, 7) is 1.50. The standard InChI is InChI=1S/C18H24N2O3/c21-17(19-23)15-7-4-8-16(15)18(22)20-11-9-14(10-12-20)13-5-2-1-3-6-13/h1-3,5-6,14-16,23H,4,7-12H2,(H,19,21)/t15-,16-/m0/s1. The first kappa shape index (κ1) is 16.0. The van der Waals surface area contributed by atoms with Crippen LogP contribution in [0.25, 0.3) is 0 Å². The van der Waals surface area contributed by atoms with Crippen molar-refractivity contribution >= 4 is 11.8 Å². The molecule has 1 saturated heterocycles. The predicted molar refractivity (Wildman–Crippen MR) is 85.8 cm³/mol. The molecule has 1 aliphatic heterocycles. The lowest BCUT2D eigenvalue weighted by Gasteiger charge is -2.34. The van der Waals surface area contributed by atoms with E-state index in [4.69, 9.17) is 5.21 Å². The van der Waals surface area contributed by atoms with Crippen LogP contribution in [0.5, 0.6) is 0 Å². The van der Waals surface area contributed by atoms with E-state index in [0.29, 0.717) is 12.3 Å². The van der Waals surface area contributed by atoms with E-state index in [1.807, 2.05) is 11.0 Å². The predicted octanol–water partition coefficient (Wildman–Crippen LogP) is 2.31. The van der Waals surface area contributed by atoms with Crippen LogP contribution in [0.4, 0.5) is 0 Å². The van der Waals surface area contributed by atoms with Gasteiger partial charge in [0.15, 0.2) is 0 Å². The van der Waals surface area contributed by atoms with Gasteiger partial charge in [-0.3, -0.25) is 14.8 Å². The Kier molecular flexibility index (Phi) is 4.96. The Morgan fingerprint density at radius 2 is 1.65 bits per heavy atom. The van der Waals surface area contributed by atoms with Gasteiger partial charge in [-0.1, -0.05) is 36.8 Å². The zero-order valence-corrected chi connectivity index (χ0v) is 13.3. The molecule has 0 aromatic heterocycles. The molecule has 3 rings (SSSR count). The first-order chi connectivity index (χ1) is 11.2. The number of benzene rings is 1. The lowest BCUT2D eigenvalue weighted by molar-refractivity contribution is -0.144. The summed E-state index contributed by atoms with van der Waals surface area (Å²) in [7, 11) is 0. The maximum absolute atomic E-state index is 12.7. The summed E-state index contributed by atoms with van der Waals surface area (Å²) in [6, 6.07) is 10.4. The third kappa shape index (κ3) is 3.39. The lowest BCUT2D eigenvalue weighted by Crippen LogP contribution is -2.44. The zero-order chi connectivity index (χ0) is 16.2. The smallest absolute Gasteiger partial charge is 0.247 e. The average molecular weight is 316 g/mol. The van der Waals surface area contributed by atoms with Crippen LogP contribution in [-0.4, -0.2) is 35.0 Å². The molecule has 5 nitrogen and oxygen atoms in total. The van der Waals surface area contributed by atoms with Crippen molar-refractivity contribution < 1.29 is 14.8 Å². The molecular weight excluding hydrogens is 292 g/mol. The number of rotatable bonds is 3. The van der Waals surface area contributed by atoms with Gasteiger partial charge in [-0.15, -0.1) is 0 Å². The molecular formula is C18H24N2O3. The number of hydrogen-bond acceptors (Lipinski definition) is 3. The molecule has 2 N–H and O–H groups in total. The molecule has 2 fully saturated rings. The van der Waals surface area contributed by atoms with Crippen molar-refractivity contribution in [2.24, 2.45) is 11.8 Å². The summed E-state index contributed by atoms with van der Waals surface area (Å²) in [5.41, 5.74) is 3.06. The molecule has 2 atom stereocenters. The zero-order valence-electron chi connectivity index (χ0n) is 13.3. The summed E-state index contributed by atoms with van der Waals surface area (Å²) in [5.74, 6) is -0.460. The van der Waals surface area contributed by atoms with Crippen molar-refractivity contribution in [2.75, 3.05) is 13.1 Å². The van der Waals surface area contributed by atoms with Gasteiger partial charge in [0.2, 0.25) is 11.8 Å². The van der Waals surface area contributed by atoms with Crippen LogP contribution in [0.1, 0.15) is 43.6 Å². The van der Waals surface area contributed by atoms with Crippen LogP contribution in [0, 0.1) is 11.8 Å². The fourth-order valence-electron chi connectivity index (χ4n) is 4.05. The van der Waals surface area contributed by atoms with Gasteiger partial charge in [0.1, 0.15) is 0 Å².